The Kier molecular flexibility index (Phi) is 2.04. The van der Waals surface area contributed by atoms with E-state index in [1.54, 1.807) is 53.9 Å². The van der Waals surface area contributed by atoms with Gasteiger partial charge in [0.05, 0.1) is 17.4 Å². The van der Waals surface area contributed by atoms with Crippen molar-refractivity contribution in [1.29, 1.82) is 0 Å². The molecule has 4 nitrogen and oxygen atoms in total. The molecule has 1 saturated carbocycles. The van der Waals surface area contributed by atoms with Crippen LogP contribution in [0, 0.1) is 5.41 Å². The number of ether oxygens (including phenoxy) is 1. The van der Waals surface area contributed by atoms with E-state index < -0.39 is 28.2 Å². The molecule has 4 heteroatoms. The molecule has 0 aliphatic heterocycles. The van der Waals surface area contributed by atoms with Crippen LogP contribution in [0.15, 0.2) is 0 Å². The van der Waals surface area contributed by atoms with Gasteiger partial charge in [0.2, 0.25) is 0 Å². The number of hydrogen-bond acceptors (Lipinski definition) is 3. The molecule has 5 aliphatic rings. The van der Waals surface area contributed by atoms with Gasteiger partial charge in [0.25, 0.3) is 0 Å². The Bertz CT molecular complexity index is 6690. The first-order valence-electron chi connectivity index (χ1n) is 25.3. The summed E-state index contributed by atoms with van der Waals surface area (Å²) in [6.45, 7) is 2.01. The van der Waals surface area contributed by atoms with Crippen LogP contribution in [-0.4, -0.2) is 23.7 Å². The monoisotopic (exact) mass is 850 g/mol. The summed E-state index contributed by atoms with van der Waals surface area (Å²) in [4.78, 5) is 32.0. The van der Waals surface area contributed by atoms with Crippen LogP contribution in [0.2, 0.25) is 0 Å². The summed E-state index contributed by atoms with van der Waals surface area (Å²) in [5.41, 5.74) is 0.536. The molecular formula is C65H6O4. The summed E-state index contributed by atoms with van der Waals surface area (Å²) >= 11 is 0. The van der Waals surface area contributed by atoms with E-state index in [9.17, 15) is 5.11 Å². The summed E-state index contributed by atoms with van der Waals surface area (Å²) < 4.78 is 6.45. The molecule has 0 atom stereocenters. The molecule has 0 unspecified atom stereocenters. The molecule has 33 rings (SSSR count). The predicted molar refractivity (Wildman–Crippen MR) is 281 cm³/mol. The van der Waals surface area contributed by atoms with Crippen LogP contribution in [0.3, 0.4) is 0 Å². The lowest BCUT2D eigenvalue weighted by molar-refractivity contribution is -0.162. The molecule has 28 aromatic carbocycles. The van der Waals surface area contributed by atoms with Crippen molar-refractivity contribution in [2.24, 2.45) is 5.41 Å². The molecule has 28 aromatic rings. The lowest BCUT2D eigenvalue weighted by Gasteiger charge is -2.32. The number of rotatable bonds is 3. The molecule has 0 saturated heterocycles. The third-order valence-corrected chi connectivity index (χ3v) is 25.3. The molecule has 0 radical (unpaired) electrons. The molecule has 0 bridgehead atoms. The van der Waals surface area contributed by atoms with Crippen molar-refractivity contribution < 1.29 is 19.4 Å². The van der Waals surface area contributed by atoms with Crippen molar-refractivity contribution in [3.8, 4) is 0 Å². The van der Waals surface area contributed by atoms with E-state index in [0.29, 0.717) is 0 Å². The van der Waals surface area contributed by atoms with Gasteiger partial charge < -0.3 is 9.84 Å². The maximum atomic E-state index is 16.3. The van der Waals surface area contributed by atoms with Crippen molar-refractivity contribution in [2.45, 2.75) is 17.8 Å². The number of aliphatic carboxylic acids is 1. The Morgan fingerprint density at radius 2 is 0.406 bits per heavy atom. The smallest absolute Gasteiger partial charge is 0.326 e. The van der Waals surface area contributed by atoms with E-state index in [1.165, 1.54) is 259 Å². The fourth-order valence-electron chi connectivity index (χ4n) is 25.5. The number of esters is 1. The average Bonchev–Trinajstić information content (AvgIpc) is 4.20. The Hall–Kier alpha value is -8.60. The Morgan fingerprint density at radius 3 is 0.522 bits per heavy atom. The zero-order chi connectivity index (χ0) is 41.6. The molecule has 1 N–H and O–H groups in total. The summed E-state index contributed by atoms with van der Waals surface area (Å²) in [5, 5.41) is 91.3. The lowest BCUT2D eigenvalue weighted by Crippen LogP contribution is -2.37. The summed E-state index contributed by atoms with van der Waals surface area (Å²) in [7, 11) is 0. The largest absolute Gasteiger partial charge is 0.480 e. The van der Waals surface area contributed by atoms with Crippen LogP contribution >= 0.6 is 0 Å². The van der Waals surface area contributed by atoms with Gasteiger partial charge in [-0.15, -0.1) is 0 Å². The fourth-order valence-corrected chi connectivity index (χ4v) is 25.5. The van der Waals surface area contributed by atoms with Gasteiger partial charge in [0.15, 0.2) is 5.41 Å². The minimum Gasteiger partial charge on any atom is -0.480 e. The first-order chi connectivity index (χ1) is 34.2. The number of carboxylic acid groups (broad SMARTS) is 1. The van der Waals surface area contributed by atoms with Crippen LogP contribution in [0.25, 0.3) is 291 Å². The highest BCUT2D eigenvalue weighted by atomic mass is 16.5. The Labute approximate surface area is 372 Å². The van der Waals surface area contributed by atoms with Gasteiger partial charge in [0, 0.05) is 0 Å². The zero-order valence-corrected chi connectivity index (χ0v) is 34.9. The van der Waals surface area contributed by atoms with Gasteiger partial charge in [-0.2, -0.15) is 0 Å². The highest BCUT2D eigenvalue weighted by Crippen LogP contribution is 2.96. The van der Waals surface area contributed by atoms with Crippen molar-refractivity contribution in [1.82, 2.24) is 0 Å². The highest BCUT2D eigenvalue weighted by molar-refractivity contribution is 6.82. The predicted octanol–water partition coefficient (Wildman–Crippen LogP) is 15.9. The van der Waals surface area contributed by atoms with Crippen LogP contribution in [-0.2, 0) is 25.2 Å². The molecule has 0 amide bonds. The number of hydrogen-bond donors (Lipinski definition) is 1. The van der Waals surface area contributed by atoms with Crippen LogP contribution in [0.1, 0.15) is 29.2 Å². The molecule has 290 valence electrons. The third-order valence-electron chi connectivity index (χ3n) is 25.3. The number of carboxylic acids is 1. The molecule has 0 heterocycles. The van der Waals surface area contributed by atoms with E-state index >= 15 is 9.59 Å². The van der Waals surface area contributed by atoms with Crippen LogP contribution < -0.4 is 0 Å². The van der Waals surface area contributed by atoms with Crippen LogP contribution in [0.5, 0.6) is 0 Å². The van der Waals surface area contributed by atoms with E-state index in [0.717, 1.165) is 0 Å². The van der Waals surface area contributed by atoms with E-state index in [4.69, 9.17) is 4.74 Å². The number of benzene rings is 18. The van der Waals surface area contributed by atoms with Gasteiger partial charge in [0.1, 0.15) is 0 Å². The molecule has 69 heavy (non-hydrogen) atoms. The van der Waals surface area contributed by atoms with Crippen molar-refractivity contribution >= 4 is 303 Å². The molecule has 5 aliphatic carbocycles. The highest BCUT2D eigenvalue weighted by Gasteiger charge is 3.01. The normalized spacial score (nSPS) is 24.4. The van der Waals surface area contributed by atoms with Gasteiger partial charge >= 0.3 is 11.9 Å². The van der Waals surface area contributed by atoms with E-state index in [2.05, 4.69) is 0 Å². The van der Waals surface area contributed by atoms with Crippen LogP contribution in [0.4, 0.5) is 0 Å². The molecular weight excluding hydrogens is 845 g/mol. The topological polar surface area (TPSA) is 63.6 Å². The number of carbonyl (C=O) groups is 2. The van der Waals surface area contributed by atoms with Gasteiger partial charge in [-0.3, -0.25) is 9.59 Å². The maximum absolute atomic E-state index is 16.3. The second-order valence-electron chi connectivity index (χ2n) is 25.0. The maximum Gasteiger partial charge on any atom is 0.326 e. The third kappa shape index (κ3) is 1.25. The second-order valence-corrected chi connectivity index (χ2v) is 25.0. The van der Waals surface area contributed by atoms with Crippen molar-refractivity contribution in [2.75, 3.05) is 6.61 Å². The van der Waals surface area contributed by atoms with E-state index in [1.807, 2.05) is 6.92 Å². The molecule has 2 spiro atoms. The van der Waals surface area contributed by atoms with Gasteiger partial charge in [-0.25, -0.2) is 0 Å². The Morgan fingerprint density at radius 1 is 0.275 bits per heavy atom. The SMILES string of the molecule is CCOC(=O)C1(C(=O)O)C23c4c5c6c7c8c9c(c%10c%11c2c2c4c4c%12c5c5c6c6c8c8c%13c9c9c%10c%10c%11c%11c2c2c4c4c%12c%12c5c5c6c8c6c8c%13c9c9c%10c%10c%11c2c2c4c4c%12c5c6c5c8c9c%10c2c45)C713. The van der Waals surface area contributed by atoms with E-state index in [-0.39, 0.29) is 6.61 Å². The zero-order valence-electron chi connectivity index (χ0n) is 34.9. The van der Waals surface area contributed by atoms with Gasteiger partial charge in [-0.05, 0) is 320 Å². The van der Waals surface area contributed by atoms with Gasteiger partial charge in [-0.1, -0.05) is 0 Å². The summed E-state index contributed by atoms with van der Waals surface area (Å²) in [5.74, 6) is -1.54. The molecule has 0 aromatic heterocycles. The minimum atomic E-state index is -1.89. The molecule has 1 fully saturated rings. The quantitative estimate of drug-likeness (QED) is 0.109. The van der Waals surface area contributed by atoms with Crippen molar-refractivity contribution in [3.63, 3.8) is 0 Å². The first-order valence-corrected chi connectivity index (χ1v) is 25.3. The standard InChI is InChI=1S/C65H6O4/c1-2-69-62(68)65(61(66)67)63-57-49-41-31-21-13-5-3-4-7-11-9(5)17-25-19(11)29-23-15(7)16-8(4)12-10-6(3)14(13)22-28-18(10)26-20(12)30-24(16)34-33(23)43-37(29)47-39(25)45(35(41)27(17)21)53(57)55(47)59-51(43)52-44(34)38(30)48-40(26)46-36(28)42(32(22)31)50(49)58(63)54(46)56(48)60(52)64(59,63)65/h2H2,1H3,(H,66,67). The number of carbonyl (C=O) groups excluding carboxylic acids is 1. The van der Waals surface area contributed by atoms with Crippen molar-refractivity contribution in [3.05, 3.63) is 22.3 Å². The lowest BCUT2D eigenvalue weighted by atomic mass is 9.68. The summed E-state index contributed by atoms with van der Waals surface area (Å²) in [6, 6.07) is 0. The average molecular weight is 851 g/mol. The second kappa shape index (κ2) is 5.53. The minimum absolute atomic E-state index is 0.138. The summed E-state index contributed by atoms with van der Waals surface area (Å²) in [6.07, 6.45) is 0. The first kappa shape index (κ1) is 25.5. The Balaban J connectivity index is 1.22. The fraction of sp³-hybridized carbons (Fsp3) is 0.0769.